The van der Waals surface area contributed by atoms with Crippen LogP contribution in [-0.2, 0) is 0 Å². The minimum atomic E-state index is -0.296. The van der Waals surface area contributed by atoms with E-state index in [-0.39, 0.29) is 5.56 Å². The topological polar surface area (TPSA) is 69.5 Å². The predicted octanol–water partition coefficient (Wildman–Crippen LogP) is 0.795. The van der Waals surface area contributed by atoms with E-state index in [0.29, 0.717) is 16.6 Å². The molecule has 0 bridgehead atoms. The summed E-state index contributed by atoms with van der Waals surface area (Å²) < 4.78 is 0. The summed E-state index contributed by atoms with van der Waals surface area (Å²) >= 11 is 0. The molecule has 0 atom stereocenters. The van der Waals surface area contributed by atoms with Gasteiger partial charge in [-0.2, -0.15) is 5.26 Å². The van der Waals surface area contributed by atoms with Gasteiger partial charge in [-0.25, -0.2) is 4.98 Å². The molecule has 0 fully saturated rings. The second-order valence-corrected chi connectivity index (χ2v) is 2.56. The van der Waals surface area contributed by atoms with Gasteiger partial charge in [-0.05, 0) is 12.1 Å². The van der Waals surface area contributed by atoms with Crippen molar-refractivity contribution in [1.82, 2.24) is 9.97 Å². The molecule has 1 heterocycles. The molecular formula is C9H5N3O. The number of hydrogen-bond acceptors (Lipinski definition) is 3. The van der Waals surface area contributed by atoms with Gasteiger partial charge in [0.1, 0.15) is 6.07 Å². The molecule has 1 N–H and O–H groups in total. The van der Waals surface area contributed by atoms with Gasteiger partial charge in [0.15, 0.2) is 0 Å². The van der Waals surface area contributed by atoms with Gasteiger partial charge < -0.3 is 4.98 Å². The molecule has 0 saturated carbocycles. The highest BCUT2D eigenvalue weighted by Gasteiger charge is 2.00. The zero-order valence-electron chi connectivity index (χ0n) is 6.61. The second kappa shape index (κ2) is 2.72. The number of para-hydroxylation sites is 1. The van der Waals surface area contributed by atoms with E-state index in [1.54, 1.807) is 18.2 Å². The standard InChI is InChI=1S/C9H5N3O/c10-4-6-2-1-3-7-9(6)12-8(13)5-11-7/h1-3,5H,(H,12,13). The number of nitriles is 1. The van der Waals surface area contributed by atoms with Crippen LogP contribution in [0.15, 0.2) is 29.2 Å². The molecule has 4 nitrogen and oxygen atoms in total. The lowest BCUT2D eigenvalue weighted by atomic mass is 10.2. The second-order valence-electron chi connectivity index (χ2n) is 2.56. The fourth-order valence-corrected chi connectivity index (χ4v) is 1.16. The molecule has 0 spiro atoms. The normalized spacial score (nSPS) is 9.77. The summed E-state index contributed by atoms with van der Waals surface area (Å²) in [6, 6.07) is 7.10. The highest BCUT2D eigenvalue weighted by molar-refractivity contribution is 5.79. The maximum Gasteiger partial charge on any atom is 0.266 e. The van der Waals surface area contributed by atoms with E-state index < -0.39 is 0 Å². The summed E-state index contributed by atoms with van der Waals surface area (Å²) in [7, 11) is 0. The van der Waals surface area contributed by atoms with Crippen molar-refractivity contribution in [1.29, 1.82) is 5.26 Å². The van der Waals surface area contributed by atoms with Crippen molar-refractivity contribution in [2.75, 3.05) is 0 Å². The first-order chi connectivity index (χ1) is 6.31. The maximum absolute atomic E-state index is 10.9. The molecule has 0 aliphatic carbocycles. The van der Waals surface area contributed by atoms with Crippen molar-refractivity contribution in [3.8, 4) is 6.07 Å². The smallest absolute Gasteiger partial charge is 0.266 e. The highest BCUT2D eigenvalue weighted by atomic mass is 16.1. The van der Waals surface area contributed by atoms with E-state index in [1.807, 2.05) is 6.07 Å². The summed E-state index contributed by atoms with van der Waals surface area (Å²) in [6.07, 6.45) is 1.20. The molecule has 1 aromatic carbocycles. The van der Waals surface area contributed by atoms with Crippen LogP contribution in [0.5, 0.6) is 0 Å². The Balaban J connectivity index is 2.97. The Morgan fingerprint density at radius 3 is 3.08 bits per heavy atom. The summed E-state index contributed by atoms with van der Waals surface area (Å²) in [4.78, 5) is 17.4. The lowest BCUT2D eigenvalue weighted by molar-refractivity contribution is 1.21. The largest absolute Gasteiger partial charge is 0.318 e. The van der Waals surface area contributed by atoms with Gasteiger partial charge in [0.05, 0.1) is 22.8 Å². The molecule has 13 heavy (non-hydrogen) atoms. The molecule has 2 aromatic rings. The number of nitrogens with zero attached hydrogens (tertiary/aromatic N) is 2. The number of H-pyrrole nitrogens is 1. The first-order valence-corrected chi connectivity index (χ1v) is 3.69. The SMILES string of the molecule is N#Cc1cccc2ncc(=O)[nH]c12. The Bertz CT molecular complexity index is 551. The van der Waals surface area contributed by atoms with Gasteiger partial charge in [0.2, 0.25) is 0 Å². The monoisotopic (exact) mass is 171 g/mol. The van der Waals surface area contributed by atoms with E-state index in [0.717, 1.165) is 0 Å². The summed E-state index contributed by atoms with van der Waals surface area (Å²) in [5.74, 6) is 0. The summed E-state index contributed by atoms with van der Waals surface area (Å²) in [6.45, 7) is 0. The van der Waals surface area contributed by atoms with Crippen molar-refractivity contribution < 1.29 is 0 Å². The van der Waals surface area contributed by atoms with E-state index in [1.165, 1.54) is 6.20 Å². The lowest BCUT2D eigenvalue weighted by Gasteiger charge is -1.96. The van der Waals surface area contributed by atoms with Crippen LogP contribution in [0.1, 0.15) is 5.56 Å². The van der Waals surface area contributed by atoms with E-state index >= 15 is 0 Å². The van der Waals surface area contributed by atoms with E-state index in [4.69, 9.17) is 5.26 Å². The summed E-state index contributed by atoms with van der Waals surface area (Å²) in [5, 5.41) is 8.73. The van der Waals surface area contributed by atoms with Crippen molar-refractivity contribution in [3.05, 3.63) is 40.3 Å². The number of rotatable bonds is 0. The molecule has 0 unspecified atom stereocenters. The van der Waals surface area contributed by atoms with Crippen LogP contribution in [0.4, 0.5) is 0 Å². The van der Waals surface area contributed by atoms with Gasteiger partial charge in [0, 0.05) is 0 Å². The van der Waals surface area contributed by atoms with Crippen LogP contribution in [-0.4, -0.2) is 9.97 Å². The maximum atomic E-state index is 10.9. The number of hydrogen-bond donors (Lipinski definition) is 1. The Morgan fingerprint density at radius 2 is 2.31 bits per heavy atom. The van der Waals surface area contributed by atoms with Crippen LogP contribution < -0.4 is 5.56 Å². The van der Waals surface area contributed by atoms with E-state index in [9.17, 15) is 4.79 Å². The van der Waals surface area contributed by atoms with Crippen LogP contribution >= 0.6 is 0 Å². The lowest BCUT2D eigenvalue weighted by Crippen LogP contribution is -2.05. The zero-order valence-corrected chi connectivity index (χ0v) is 6.61. The molecule has 0 aliphatic heterocycles. The first-order valence-electron chi connectivity index (χ1n) is 3.69. The predicted molar refractivity (Wildman–Crippen MR) is 47.1 cm³/mol. The fourth-order valence-electron chi connectivity index (χ4n) is 1.16. The average Bonchev–Trinajstić information content (AvgIpc) is 2.17. The molecule has 4 heteroatoms. The van der Waals surface area contributed by atoms with Crippen molar-refractivity contribution in [2.24, 2.45) is 0 Å². The molecule has 0 saturated heterocycles. The highest BCUT2D eigenvalue weighted by Crippen LogP contribution is 2.10. The minimum absolute atomic E-state index is 0.296. The minimum Gasteiger partial charge on any atom is -0.318 e. The van der Waals surface area contributed by atoms with Crippen LogP contribution in [0.2, 0.25) is 0 Å². The number of benzene rings is 1. The molecule has 62 valence electrons. The first kappa shape index (κ1) is 7.50. The molecule has 2 rings (SSSR count). The molecule has 0 amide bonds. The molecule has 0 aliphatic rings. The Labute approximate surface area is 73.5 Å². The third-order valence-electron chi connectivity index (χ3n) is 1.73. The van der Waals surface area contributed by atoms with Gasteiger partial charge in [-0.1, -0.05) is 6.07 Å². The van der Waals surface area contributed by atoms with Crippen LogP contribution in [0.25, 0.3) is 11.0 Å². The number of nitrogens with one attached hydrogen (secondary N) is 1. The van der Waals surface area contributed by atoms with Crippen molar-refractivity contribution in [2.45, 2.75) is 0 Å². The fraction of sp³-hybridized carbons (Fsp3) is 0. The summed E-state index contributed by atoms with van der Waals surface area (Å²) in [5.41, 5.74) is 1.26. The number of aromatic amines is 1. The van der Waals surface area contributed by atoms with Gasteiger partial charge in [0.25, 0.3) is 5.56 Å². The zero-order chi connectivity index (χ0) is 9.26. The molecule has 1 aromatic heterocycles. The Morgan fingerprint density at radius 1 is 1.46 bits per heavy atom. The quantitative estimate of drug-likeness (QED) is 0.637. The van der Waals surface area contributed by atoms with Crippen molar-refractivity contribution in [3.63, 3.8) is 0 Å². The van der Waals surface area contributed by atoms with Crippen LogP contribution in [0, 0.1) is 11.3 Å². The number of aromatic nitrogens is 2. The molecular weight excluding hydrogens is 166 g/mol. The third kappa shape index (κ3) is 1.16. The van der Waals surface area contributed by atoms with Gasteiger partial charge >= 0.3 is 0 Å². The average molecular weight is 171 g/mol. The Kier molecular flexibility index (Phi) is 1.57. The van der Waals surface area contributed by atoms with Crippen molar-refractivity contribution >= 4 is 11.0 Å². The Hall–Kier alpha value is -2.15. The number of fused-ring (bicyclic) bond motifs is 1. The van der Waals surface area contributed by atoms with Crippen LogP contribution in [0.3, 0.4) is 0 Å². The third-order valence-corrected chi connectivity index (χ3v) is 1.73. The van der Waals surface area contributed by atoms with Gasteiger partial charge in [-0.15, -0.1) is 0 Å². The van der Waals surface area contributed by atoms with Gasteiger partial charge in [-0.3, -0.25) is 4.79 Å². The van der Waals surface area contributed by atoms with E-state index in [2.05, 4.69) is 9.97 Å². The molecule has 0 radical (unpaired) electrons.